The maximum absolute atomic E-state index is 7.55. The van der Waals surface area contributed by atoms with Crippen LogP contribution in [0.3, 0.4) is 0 Å². The molecule has 0 saturated heterocycles. The van der Waals surface area contributed by atoms with Crippen molar-refractivity contribution < 1.29 is 1.37 Å². The van der Waals surface area contributed by atoms with Gasteiger partial charge in [0.1, 0.15) is 0 Å². The zero-order valence-corrected chi connectivity index (χ0v) is 5.67. The largest absolute Gasteiger partial charge is 0.257 e. The fourth-order valence-electron chi connectivity index (χ4n) is 1.17. The van der Waals surface area contributed by atoms with E-state index in [1.54, 1.807) is 6.20 Å². The summed E-state index contributed by atoms with van der Waals surface area (Å²) in [4.78, 5) is 4.14. The normalized spacial score (nSPS) is 17.2. The van der Waals surface area contributed by atoms with Gasteiger partial charge in [-0.05, 0) is 30.5 Å². The van der Waals surface area contributed by atoms with Gasteiger partial charge in [0.2, 0.25) is 0 Å². The van der Waals surface area contributed by atoms with E-state index in [-0.39, 0.29) is 0 Å². The number of hydrogen-bond acceptors (Lipinski definition) is 1. The lowest BCUT2D eigenvalue weighted by Crippen LogP contribution is -1.94. The lowest BCUT2D eigenvalue weighted by molar-refractivity contribution is 0.964. The Morgan fingerprint density at radius 1 is 1.60 bits per heavy atom. The molecule has 1 aromatic rings. The molecule has 0 radical (unpaired) electrons. The Balaban J connectivity index is 2.56. The number of hydrogen-bond donors (Lipinski definition) is 0. The molecule has 0 atom stereocenters. The number of pyridine rings is 1. The Hall–Kier alpha value is -1.11. The minimum atomic E-state index is 0.576. The van der Waals surface area contributed by atoms with Crippen LogP contribution in [0.2, 0.25) is 0 Å². The van der Waals surface area contributed by atoms with Crippen LogP contribution in [0.15, 0.2) is 24.4 Å². The summed E-state index contributed by atoms with van der Waals surface area (Å²) < 4.78 is 7.55. The molecule has 0 amide bonds. The van der Waals surface area contributed by atoms with Crippen molar-refractivity contribution in [1.82, 2.24) is 4.98 Å². The molecule has 2 rings (SSSR count). The second kappa shape index (κ2) is 2.25. The molecule has 50 valence electrons. The molecule has 0 unspecified atom stereocenters. The van der Waals surface area contributed by atoms with Crippen LogP contribution >= 0.6 is 0 Å². The van der Waals surface area contributed by atoms with Gasteiger partial charge in [-0.25, -0.2) is 0 Å². The van der Waals surface area contributed by atoms with Crippen molar-refractivity contribution in [3.05, 3.63) is 35.7 Å². The van der Waals surface area contributed by atoms with Gasteiger partial charge in [-0.3, -0.25) is 4.98 Å². The molecule has 1 aromatic heterocycles. The number of rotatable bonds is 0. The lowest BCUT2D eigenvalue weighted by Gasteiger charge is -2.06. The third kappa shape index (κ3) is 0.838. The molecule has 0 aliphatic heterocycles. The van der Waals surface area contributed by atoms with E-state index in [4.69, 9.17) is 1.37 Å². The van der Waals surface area contributed by atoms with E-state index in [1.807, 2.05) is 18.2 Å². The summed E-state index contributed by atoms with van der Waals surface area (Å²) in [5.41, 5.74) is 2.07. The average Bonchev–Trinajstić information content (AvgIpc) is 2.06. The summed E-state index contributed by atoms with van der Waals surface area (Å²) in [6.45, 7) is 0. The van der Waals surface area contributed by atoms with Gasteiger partial charge in [0, 0.05) is 6.20 Å². The minimum absolute atomic E-state index is 0.576. The van der Waals surface area contributed by atoms with Crippen LogP contribution in [0.4, 0.5) is 0 Å². The van der Waals surface area contributed by atoms with Crippen molar-refractivity contribution in [2.75, 3.05) is 0 Å². The Labute approximate surface area is 61.8 Å². The van der Waals surface area contributed by atoms with E-state index >= 15 is 0 Å². The number of nitrogens with zero attached hydrogens (tertiary/aromatic N) is 1. The van der Waals surface area contributed by atoms with Crippen LogP contribution in [0.1, 0.15) is 19.0 Å². The maximum atomic E-state index is 7.55. The molecule has 1 aliphatic rings. The molecule has 0 aromatic carbocycles. The molecule has 0 bridgehead atoms. The van der Waals surface area contributed by atoms with Gasteiger partial charge in [0.15, 0.2) is 0 Å². The zero-order valence-electron chi connectivity index (χ0n) is 6.67. The Bertz CT molecular complexity index is 304. The van der Waals surface area contributed by atoms with E-state index in [1.165, 1.54) is 5.56 Å². The molecular weight excluding hydrogens is 122 g/mol. The second-order valence-electron chi connectivity index (χ2n) is 2.40. The monoisotopic (exact) mass is 132 g/mol. The van der Waals surface area contributed by atoms with E-state index < -0.39 is 0 Å². The van der Waals surface area contributed by atoms with Crippen molar-refractivity contribution >= 4 is 6.05 Å². The van der Waals surface area contributed by atoms with Crippen LogP contribution in [0, 0.1) is 0 Å². The van der Waals surface area contributed by atoms with E-state index in [0.29, 0.717) is 6.05 Å². The van der Waals surface area contributed by atoms with Crippen molar-refractivity contribution in [2.24, 2.45) is 0 Å². The molecule has 0 N–H and O–H groups in total. The third-order valence-corrected chi connectivity index (χ3v) is 1.69. The first-order chi connectivity index (χ1) is 5.38. The molecule has 0 saturated carbocycles. The van der Waals surface area contributed by atoms with E-state index in [0.717, 1.165) is 18.5 Å². The second-order valence-corrected chi connectivity index (χ2v) is 2.40. The molecule has 0 fully saturated rings. The van der Waals surface area contributed by atoms with Crippen molar-refractivity contribution in [3.63, 3.8) is 0 Å². The molecule has 1 heteroatoms. The predicted molar refractivity (Wildman–Crippen MR) is 41.6 cm³/mol. The lowest BCUT2D eigenvalue weighted by atomic mass is 10.0. The quantitative estimate of drug-likeness (QED) is 0.526. The molecule has 1 aliphatic carbocycles. The Kier molecular flexibility index (Phi) is 1.05. The summed E-state index contributed by atoms with van der Waals surface area (Å²) in [5.74, 6) is 0. The van der Waals surface area contributed by atoms with Crippen LogP contribution in [0.25, 0.3) is 6.05 Å². The van der Waals surface area contributed by atoms with E-state index in [2.05, 4.69) is 4.98 Å². The Morgan fingerprint density at radius 2 is 2.60 bits per heavy atom. The van der Waals surface area contributed by atoms with Crippen LogP contribution in [0.5, 0.6) is 0 Å². The van der Waals surface area contributed by atoms with Gasteiger partial charge in [0.25, 0.3) is 0 Å². The van der Waals surface area contributed by atoms with Crippen LogP contribution < -0.4 is 0 Å². The highest BCUT2D eigenvalue weighted by molar-refractivity contribution is 5.51. The van der Waals surface area contributed by atoms with Gasteiger partial charge < -0.3 is 0 Å². The third-order valence-electron chi connectivity index (χ3n) is 1.69. The smallest absolute Gasteiger partial charge is 0.0658 e. The Morgan fingerprint density at radius 3 is 3.50 bits per heavy atom. The predicted octanol–water partition coefficient (Wildman–Crippen LogP) is 2.04. The highest BCUT2D eigenvalue weighted by Gasteiger charge is 2.01. The zero-order chi connectivity index (χ0) is 7.68. The van der Waals surface area contributed by atoms with E-state index in [9.17, 15) is 0 Å². The SMILES string of the molecule is [2H]C1=CCCc2cccnc21. The molecular formula is C9H9N. The van der Waals surface area contributed by atoms with Gasteiger partial charge in [-0.2, -0.15) is 0 Å². The van der Waals surface area contributed by atoms with Crippen LogP contribution in [-0.2, 0) is 6.42 Å². The first-order valence-corrected chi connectivity index (χ1v) is 3.49. The maximum Gasteiger partial charge on any atom is 0.0658 e. The van der Waals surface area contributed by atoms with Gasteiger partial charge in [0.05, 0.1) is 7.06 Å². The molecule has 10 heavy (non-hydrogen) atoms. The number of fused-ring (bicyclic) bond motifs is 1. The molecule has 0 spiro atoms. The topological polar surface area (TPSA) is 12.9 Å². The van der Waals surface area contributed by atoms with Gasteiger partial charge >= 0.3 is 0 Å². The van der Waals surface area contributed by atoms with Gasteiger partial charge in [-0.15, -0.1) is 0 Å². The molecule has 1 nitrogen and oxygen atoms in total. The fourth-order valence-corrected chi connectivity index (χ4v) is 1.17. The first kappa shape index (κ1) is 4.67. The first-order valence-electron chi connectivity index (χ1n) is 3.99. The summed E-state index contributed by atoms with van der Waals surface area (Å²) >= 11 is 0. The number of aryl methyl sites for hydroxylation is 1. The standard InChI is InChI=1S/C9H9N/c1-2-6-9-8(4-1)5-3-7-10-9/h2-3,5-7H,1,4H2/i6D. The van der Waals surface area contributed by atoms with Crippen molar-refractivity contribution in [2.45, 2.75) is 12.8 Å². The highest BCUT2D eigenvalue weighted by atomic mass is 14.7. The van der Waals surface area contributed by atoms with Crippen molar-refractivity contribution in [1.29, 1.82) is 0 Å². The number of allylic oxidation sites excluding steroid dienone is 1. The summed E-state index contributed by atoms with van der Waals surface area (Å²) in [5, 5.41) is 0. The number of aromatic nitrogens is 1. The summed E-state index contributed by atoms with van der Waals surface area (Å²) in [6, 6.07) is 4.55. The van der Waals surface area contributed by atoms with Gasteiger partial charge in [-0.1, -0.05) is 12.1 Å². The molecule has 1 heterocycles. The minimum Gasteiger partial charge on any atom is -0.257 e. The average molecular weight is 132 g/mol. The fraction of sp³-hybridized carbons (Fsp3) is 0.222. The van der Waals surface area contributed by atoms with Crippen LogP contribution in [-0.4, -0.2) is 4.98 Å². The van der Waals surface area contributed by atoms with Crippen molar-refractivity contribution in [3.8, 4) is 0 Å². The highest BCUT2D eigenvalue weighted by Crippen LogP contribution is 2.15. The summed E-state index contributed by atoms with van der Waals surface area (Å²) in [7, 11) is 0. The summed E-state index contributed by atoms with van der Waals surface area (Å²) in [6.07, 6.45) is 5.69.